The number of nitrogens with zero attached hydrogens (tertiary/aromatic N) is 1. The first-order valence-corrected chi connectivity index (χ1v) is 11.9. The fraction of sp³-hybridized carbons (Fsp3) is 0.385. The first-order valence-electron chi connectivity index (χ1n) is 11.9. The van der Waals surface area contributed by atoms with Gasteiger partial charge in [0.1, 0.15) is 22.9 Å². The first kappa shape index (κ1) is 24.6. The molecule has 1 amide bonds. The predicted molar refractivity (Wildman–Crippen MR) is 133 cm³/mol. The summed E-state index contributed by atoms with van der Waals surface area (Å²) >= 11 is 0. The zero-order valence-corrected chi connectivity index (χ0v) is 20.4. The van der Waals surface area contributed by atoms with Gasteiger partial charge in [0.15, 0.2) is 5.75 Å². The van der Waals surface area contributed by atoms with E-state index < -0.39 is 40.4 Å². The number of hydrogen-bond acceptors (Lipinski definition) is 9. The topological polar surface area (TPSA) is 158 Å². The number of furan rings is 1. The van der Waals surface area contributed by atoms with Crippen LogP contribution in [0.2, 0.25) is 0 Å². The van der Waals surface area contributed by atoms with Crippen molar-refractivity contribution in [1.82, 2.24) is 4.90 Å². The average Bonchev–Trinajstić information content (AvgIpc) is 3.52. The number of aliphatic carboxylic acids is 1. The zero-order valence-electron chi connectivity index (χ0n) is 20.4. The van der Waals surface area contributed by atoms with Crippen molar-refractivity contribution < 1.29 is 29.0 Å². The van der Waals surface area contributed by atoms with Gasteiger partial charge in [-0.15, -0.1) is 0 Å². The molecule has 5 rings (SSSR count). The van der Waals surface area contributed by atoms with E-state index in [1.807, 2.05) is 26.0 Å². The standard InChI is InChI=1S/C26H27N3O8/c1-13-6-7-17(37-13)23(26(2)11-36-12-26)28-19-18(21(31)22(19)32)27-16-5-3-4-15(20(16)30)24(33)29-9-8-14(10-29)25(34)35/h3-7,14,23,27-28,30H,8-12H2,1-2H3,(H,34,35)/t14-,23?/m0/s1. The van der Waals surface area contributed by atoms with E-state index in [1.165, 1.54) is 23.1 Å². The van der Waals surface area contributed by atoms with Crippen LogP contribution in [0.15, 0.2) is 44.3 Å². The quantitative estimate of drug-likeness (QED) is 0.262. The Morgan fingerprint density at radius 1 is 1.14 bits per heavy atom. The zero-order chi connectivity index (χ0) is 26.5. The van der Waals surface area contributed by atoms with Crippen LogP contribution in [0.1, 0.15) is 41.3 Å². The molecule has 2 aliphatic rings. The molecule has 2 atom stereocenters. The molecular weight excluding hydrogens is 482 g/mol. The number of nitrogens with one attached hydrogen (secondary N) is 2. The van der Waals surface area contributed by atoms with Gasteiger partial charge in [-0.3, -0.25) is 19.2 Å². The molecule has 3 heterocycles. The Labute approximate surface area is 211 Å². The molecule has 0 radical (unpaired) electrons. The van der Waals surface area contributed by atoms with E-state index in [2.05, 4.69) is 10.6 Å². The smallest absolute Gasteiger partial charge is 0.308 e. The first-order chi connectivity index (χ1) is 17.6. The van der Waals surface area contributed by atoms with Crippen LogP contribution in [0.25, 0.3) is 0 Å². The molecule has 2 aliphatic heterocycles. The van der Waals surface area contributed by atoms with E-state index >= 15 is 0 Å². The normalized spacial score (nSPS) is 19.4. The summed E-state index contributed by atoms with van der Waals surface area (Å²) in [5.41, 5.74) is -1.79. The third kappa shape index (κ3) is 4.25. The van der Waals surface area contributed by atoms with Gasteiger partial charge in [0.05, 0.1) is 36.4 Å². The molecule has 4 N–H and O–H groups in total. The molecule has 0 spiro atoms. The highest BCUT2D eigenvalue weighted by atomic mass is 16.5. The molecule has 194 valence electrons. The molecule has 0 saturated carbocycles. The number of ether oxygens (including phenoxy) is 1. The highest BCUT2D eigenvalue weighted by molar-refractivity contribution is 5.99. The number of phenolic OH excluding ortho intramolecular Hbond substituents is 1. The van der Waals surface area contributed by atoms with Crippen LogP contribution in [-0.2, 0) is 9.53 Å². The van der Waals surface area contributed by atoms with Gasteiger partial charge >= 0.3 is 5.97 Å². The van der Waals surface area contributed by atoms with Crippen molar-refractivity contribution in [1.29, 1.82) is 0 Å². The molecule has 0 bridgehead atoms. The van der Waals surface area contributed by atoms with Gasteiger partial charge in [0.25, 0.3) is 16.8 Å². The lowest BCUT2D eigenvalue weighted by Crippen LogP contribution is -2.49. The van der Waals surface area contributed by atoms with Crippen LogP contribution in [0, 0.1) is 18.3 Å². The molecule has 37 heavy (non-hydrogen) atoms. The summed E-state index contributed by atoms with van der Waals surface area (Å²) in [7, 11) is 0. The minimum absolute atomic E-state index is 0.0332. The molecule has 2 saturated heterocycles. The van der Waals surface area contributed by atoms with Crippen LogP contribution >= 0.6 is 0 Å². The summed E-state index contributed by atoms with van der Waals surface area (Å²) in [5.74, 6) is -1.24. The number of anilines is 3. The second-order valence-corrected chi connectivity index (χ2v) is 9.98. The number of carboxylic acids is 1. The molecule has 11 nitrogen and oxygen atoms in total. The number of carbonyl (C=O) groups excluding carboxylic acids is 1. The van der Waals surface area contributed by atoms with Crippen molar-refractivity contribution >= 4 is 28.9 Å². The number of benzene rings is 1. The molecule has 3 aromatic rings. The SMILES string of the molecule is Cc1ccc(C(Nc2c(Nc3cccc(C(=O)N4CC[C@H](C(=O)O)C4)c3O)c(=O)c2=O)C2(C)COC2)o1. The summed E-state index contributed by atoms with van der Waals surface area (Å²) in [5, 5.41) is 26.0. The Morgan fingerprint density at radius 2 is 1.86 bits per heavy atom. The van der Waals surface area contributed by atoms with Gasteiger partial charge in [-0.05, 0) is 37.6 Å². The highest BCUT2D eigenvalue weighted by Crippen LogP contribution is 2.43. The Balaban J connectivity index is 1.40. The monoisotopic (exact) mass is 509 g/mol. The molecule has 2 fully saturated rings. The lowest BCUT2D eigenvalue weighted by Gasteiger charge is -2.44. The average molecular weight is 510 g/mol. The number of rotatable bonds is 8. The number of aryl methyl sites for hydroxylation is 1. The van der Waals surface area contributed by atoms with Gasteiger partial charge in [-0.1, -0.05) is 13.0 Å². The fourth-order valence-electron chi connectivity index (χ4n) is 4.85. The predicted octanol–water partition coefficient (Wildman–Crippen LogP) is 2.37. The summed E-state index contributed by atoms with van der Waals surface area (Å²) < 4.78 is 11.2. The summed E-state index contributed by atoms with van der Waals surface area (Å²) in [4.78, 5) is 50.6. The third-order valence-corrected chi connectivity index (χ3v) is 7.16. The largest absolute Gasteiger partial charge is 0.505 e. The second-order valence-electron chi connectivity index (χ2n) is 9.98. The van der Waals surface area contributed by atoms with Crippen molar-refractivity contribution in [3.05, 3.63) is 67.9 Å². The van der Waals surface area contributed by atoms with E-state index in [0.717, 1.165) is 0 Å². The third-order valence-electron chi connectivity index (χ3n) is 7.16. The molecule has 1 aromatic heterocycles. The summed E-state index contributed by atoms with van der Waals surface area (Å²) in [6, 6.07) is 7.60. The number of aromatic hydroxyl groups is 1. The second kappa shape index (κ2) is 9.07. The minimum Gasteiger partial charge on any atom is -0.505 e. The number of carbonyl (C=O) groups is 2. The molecule has 1 unspecified atom stereocenters. The minimum atomic E-state index is -0.972. The van der Waals surface area contributed by atoms with Gasteiger partial charge < -0.3 is 34.9 Å². The number of phenols is 1. The van der Waals surface area contributed by atoms with E-state index in [0.29, 0.717) is 31.2 Å². The lowest BCUT2D eigenvalue weighted by atomic mass is 9.79. The highest BCUT2D eigenvalue weighted by Gasteiger charge is 2.45. The van der Waals surface area contributed by atoms with Crippen molar-refractivity contribution in [2.45, 2.75) is 26.3 Å². The van der Waals surface area contributed by atoms with Crippen LogP contribution in [0.3, 0.4) is 0 Å². The van der Waals surface area contributed by atoms with Crippen molar-refractivity contribution in [2.75, 3.05) is 36.9 Å². The van der Waals surface area contributed by atoms with E-state index in [1.54, 1.807) is 0 Å². The van der Waals surface area contributed by atoms with E-state index in [9.17, 15) is 29.4 Å². The van der Waals surface area contributed by atoms with Crippen molar-refractivity contribution in [3.63, 3.8) is 0 Å². The Kier molecular flexibility index (Phi) is 6.03. The molecule has 2 aromatic carbocycles. The van der Waals surface area contributed by atoms with Crippen molar-refractivity contribution in [2.24, 2.45) is 11.3 Å². The Morgan fingerprint density at radius 3 is 2.46 bits per heavy atom. The number of carboxylic acid groups (broad SMARTS) is 1. The fourth-order valence-corrected chi connectivity index (χ4v) is 4.85. The van der Waals surface area contributed by atoms with E-state index in [4.69, 9.17) is 9.15 Å². The number of hydrogen-bond donors (Lipinski definition) is 4. The maximum Gasteiger partial charge on any atom is 0.308 e. The van der Waals surface area contributed by atoms with Crippen LogP contribution in [0.5, 0.6) is 5.75 Å². The number of amides is 1. The van der Waals surface area contributed by atoms with Gasteiger partial charge in [-0.2, -0.15) is 0 Å². The Hall–Kier alpha value is -4.12. The van der Waals surface area contributed by atoms with Crippen LogP contribution in [0.4, 0.5) is 17.1 Å². The van der Waals surface area contributed by atoms with Gasteiger partial charge in [-0.25, -0.2) is 0 Å². The Bertz CT molecular complexity index is 1450. The summed E-state index contributed by atoms with van der Waals surface area (Å²) in [6.45, 7) is 4.98. The maximum absolute atomic E-state index is 13.0. The molecular formula is C26H27N3O8. The van der Waals surface area contributed by atoms with Crippen LogP contribution in [-0.4, -0.2) is 53.3 Å². The lowest BCUT2D eigenvalue weighted by molar-refractivity contribution is -0.141. The number of likely N-dealkylation sites (tertiary alicyclic amines) is 1. The van der Waals surface area contributed by atoms with Crippen molar-refractivity contribution in [3.8, 4) is 5.75 Å². The van der Waals surface area contributed by atoms with E-state index in [-0.39, 0.29) is 41.1 Å². The van der Waals surface area contributed by atoms with Gasteiger partial charge in [0, 0.05) is 18.5 Å². The molecule has 11 heteroatoms. The summed E-state index contributed by atoms with van der Waals surface area (Å²) in [6.07, 6.45) is 0.332. The van der Waals surface area contributed by atoms with Crippen LogP contribution < -0.4 is 21.5 Å². The molecule has 0 aliphatic carbocycles. The number of para-hydroxylation sites is 1. The van der Waals surface area contributed by atoms with Gasteiger partial charge in [0.2, 0.25) is 0 Å². The maximum atomic E-state index is 13.0.